The number of Topliss-reactive ketones (excluding diaryl/α,β-unsaturated/α-hetero) is 1. The number of unbranched alkanes of at least 4 members (excludes halogenated alkanes) is 2. The second-order valence-corrected chi connectivity index (χ2v) is 10.1. The molecule has 0 unspecified atom stereocenters. The summed E-state index contributed by atoms with van der Waals surface area (Å²) >= 11 is 0. The number of halogens is 2. The molecule has 1 fully saturated rings. The number of allylic oxidation sites excluding steroid dienone is 3. The van der Waals surface area contributed by atoms with Crippen LogP contribution in [-0.2, 0) is 25.7 Å². The monoisotopic (exact) mass is 552 g/mol. The minimum atomic E-state index is -3.42. The van der Waals surface area contributed by atoms with Crippen molar-refractivity contribution in [2.45, 2.75) is 76.9 Å². The quantitative estimate of drug-likeness (QED) is 0.0711. The van der Waals surface area contributed by atoms with E-state index in [0.717, 1.165) is 11.6 Å². The van der Waals surface area contributed by atoms with E-state index in [-0.39, 0.29) is 37.6 Å². The average molecular weight is 553 g/mol. The summed E-state index contributed by atoms with van der Waals surface area (Å²) in [6.45, 7) is 2.08. The second-order valence-electron chi connectivity index (χ2n) is 10.1. The van der Waals surface area contributed by atoms with Gasteiger partial charge in [0.2, 0.25) is 5.78 Å². The topological polar surface area (TPSA) is 69.7 Å². The first kappa shape index (κ1) is 31.1. The van der Waals surface area contributed by atoms with Crippen molar-refractivity contribution in [2.24, 2.45) is 11.8 Å². The van der Waals surface area contributed by atoms with Crippen molar-refractivity contribution in [3.05, 3.63) is 90.5 Å². The van der Waals surface area contributed by atoms with Gasteiger partial charge in [0.1, 0.15) is 11.5 Å². The number of hydrogen-bond donors (Lipinski definition) is 0. The van der Waals surface area contributed by atoms with Crippen molar-refractivity contribution in [2.75, 3.05) is 0 Å². The lowest BCUT2D eigenvalue weighted by molar-refractivity contribution is -0.138. The summed E-state index contributed by atoms with van der Waals surface area (Å²) in [5.74, 6) is -5.46. The lowest BCUT2D eigenvalue weighted by Crippen LogP contribution is -2.28. The van der Waals surface area contributed by atoms with Crippen molar-refractivity contribution in [1.82, 2.24) is 0 Å². The van der Waals surface area contributed by atoms with E-state index in [1.165, 1.54) is 6.08 Å². The third-order valence-corrected chi connectivity index (χ3v) is 6.97. The van der Waals surface area contributed by atoms with Crippen LogP contribution in [0.2, 0.25) is 0 Å². The third kappa shape index (κ3) is 9.94. The van der Waals surface area contributed by atoms with E-state index in [2.05, 4.69) is 0 Å². The molecule has 2 aromatic rings. The van der Waals surface area contributed by atoms with Gasteiger partial charge in [-0.2, -0.15) is 8.78 Å². The van der Waals surface area contributed by atoms with Crippen LogP contribution in [0.5, 0.6) is 5.75 Å². The molecule has 3 atom stereocenters. The number of carbonyl (C=O) groups is 3. The number of ketones is 2. The first-order valence-corrected chi connectivity index (χ1v) is 14.0. The molecule has 5 nitrogen and oxygen atoms in total. The second kappa shape index (κ2) is 16.0. The molecule has 1 saturated carbocycles. The number of hydrogen-bond acceptors (Lipinski definition) is 5. The van der Waals surface area contributed by atoms with Crippen molar-refractivity contribution >= 4 is 17.5 Å². The zero-order valence-electron chi connectivity index (χ0n) is 23.0. The summed E-state index contributed by atoms with van der Waals surface area (Å²) in [5, 5.41) is 0. The summed E-state index contributed by atoms with van der Waals surface area (Å²) < 4.78 is 39.9. The van der Waals surface area contributed by atoms with Crippen LogP contribution in [0.3, 0.4) is 0 Å². The zero-order valence-corrected chi connectivity index (χ0v) is 23.0. The van der Waals surface area contributed by atoms with Gasteiger partial charge in [-0.15, -0.1) is 0 Å². The Labute approximate surface area is 235 Å². The van der Waals surface area contributed by atoms with E-state index in [1.54, 1.807) is 31.2 Å². The van der Waals surface area contributed by atoms with E-state index in [1.807, 2.05) is 48.6 Å². The molecule has 0 aliphatic heterocycles. The fraction of sp³-hybridized carbons (Fsp3) is 0.424. The number of carbonyl (C=O) groups excluding carboxylic acids is 3. The molecule has 0 bridgehead atoms. The van der Waals surface area contributed by atoms with E-state index < -0.39 is 36.1 Å². The molecule has 0 aromatic heterocycles. The highest BCUT2D eigenvalue weighted by molar-refractivity contribution is 5.96. The first-order chi connectivity index (χ1) is 19.3. The van der Waals surface area contributed by atoms with Crippen LogP contribution in [0.25, 0.3) is 0 Å². The lowest BCUT2D eigenvalue weighted by atomic mass is 9.90. The Morgan fingerprint density at radius 3 is 2.40 bits per heavy atom. The van der Waals surface area contributed by atoms with Crippen molar-refractivity contribution in [3.8, 4) is 5.75 Å². The molecule has 0 amide bonds. The Kier molecular flexibility index (Phi) is 12.4. The highest BCUT2D eigenvalue weighted by Gasteiger charge is 2.42. The van der Waals surface area contributed by atoms with E-state index in [9.17, 15) is 23.2 Å². The molecule has 0 radical (unpaired) electrons. The van der Waals surface area contributed by atoms with Gasteiger partial charge in [0.25, 0.3) is 0 Å². The Morgan fingerprint density at radius 1 is 1.00 bits per heavy atom. The third-order valence-electron chi connectivity index (χ3n) is 6.97. The number of rotatable bonds is 16. The molecule has 0 N–H and O–H groups in total. The molecule has 214 valence electrons. The van der Waals surface area contributed by atoms with Crippen molar-refractivity contribution in [3.63, 3.8) is 0 Å². The normalized spacial score (nSPS) is 19.5. The highest BCUT2D eigenvalue weighted by atomic mass is 19.3. The minimum absolute atomic E-state index is 0.0195. The van der Waals surface area contributed by atoms with Gasteiger partial charge in [-0.05, 0) is 49.5 Å². The molecular weight excluding hydrogens is 514 g/mol. The SMILES string of the molecule is CCCCC(F)(F)C(=O)/C=C/[C@@H]1[C@H](C/C=C\CCCC(=O)Oc2ccccc2)C(=O)C[C@H]1OCc1ccccc1. The number of ether oxygens (including phenoxy) is 2. The van der Waals surface area contributed by atoms with Gasteiger partial charge in [-0.1, -0.05) is 80.1 Å². The van der Waals surface area contributed by atoms with Gasteiger partial charge in [0, 0.05) is 31.1 Å². The fourth-order valence-corrected chi connectivity index (χ4v) is 4.69. The molecule has 1 aliphatic carbocycles. The predicted octanol–water partition coefficient (Wildman–Crippen LogP) is 7.45. The van der Waals surface area contributed by atoms with E-state index >= 15 is 0 Å². The van der Waals surface area contributed by atoms with Gasteiger partial charge >= 0.3 is 11.9 Å². The molecule has 7 heteroatoms. The smallest absolute Gasteiger partial charge is 0.311 e. The van der Waals surface area contributed by atoms with E-state index in [0.29, 0.717) is 31.4 Å². The number of benzene rings is 2. The van der Waals surface area contributed by atoms with Crippen LogP contribution in [0.1, 0.15) is 63.9 Å². The Bertz CT molecular complexity index is 1140. The van der Waals surface area contributed by atoms with Gasteiger partial charge in [-0.25, -0.2) is 0 Å². The molecule has 40 heavy (non-hydrogen) atoms. The number of esters is 1. The molecular formula is C33H38F2O5. The maximum absolute atomic E-state index is 14.3. The molecule has 0 saturated heterocycles. The fourth-order valence-electron chi connectivity index (χ4n) is 4.69. The standard InChI is InChI=1S/C33H38F2O5/c1-2-3-22-33(34,35)31(37)21-20-28-27(29(36)23-30(28)39-24-25-14-8-6-9-15-25)18-12-4-5-13-19-32(38)40-26-16-10-7-11-17-26/h4,6-12,14-17,20-21,27-28,30H,2-3,5,13,18-19,22-24H2,1H3/b12-4-,21-20+/t27-,28+,30+/m0/s1. The average Bonchev–Trinajstić information content (AvgIpc) is 3.25. The highest BCUT2D eigenvalue weighted by Crippen LogP contribution is 2.36. The first-order valence-electron chi connectivity index (χ1n) is 14.0. The van der Waals surface area contributed by atoms with Gasteiger partial charge in [0.05, 0.1) is 12.7 Å². The van der Waals surface area contributed by atoms with Crippen molar-refractivity contribution in [1.29, 1.82) is 0 Å². The summed E-state index contributed by atoms with van der Waals surface area (Å²) in [6, 6.07) is 18.4. The Hall–Kier alpha value is -3.45. The molecule has 0 spiro atoms. The predicted molar refractivity (Wildman–Crippen MR) is 150 cm³/mol. The molecule has 3 rings (SSSR count). The maximum Gasteiger partial charge on any atom is 0.311 e. The summed E-state index contributed by atoms with van der Waals surface area (Å²) in [4.78, 5) is 37.2. The van der Waals surface area contributed by atoms with Crippen LogP contribution in [-0.4, -0.2) is 29.6 Å². The number of alkyl halides is 2. The van der Waals surface area contributed by atoms with Gasteiger partial charge in [0.15, 0.2) is 0 Å². The number of para-hydroxylation sites is 1. The minimum Gasteiger partial charge on any atom is -0.427 e. The van der Waals surface area contributed by atoms with Crippen LogP contribution in [0, 0.1) is 11.8 Å². The maximum atomic E-state index is 14.3. The molecule has 2 aromatic carbocycles. The Balaban J connectivity index is 1.58. The van der Waals surface area contributed by atoms with E-state index in [4.69, 9.17) is 9.47 Å². The lowest BCUT2D eigenvalue weighted by Gasteiger charge is -2.21. The van der Waals surface area contributed by atoms with Crippen LogP contribution >= 0.6 is 0 Å². The van der Waals surface area contributed by atoms with Gasteiger partial charge in [-0.3, -0.25) is 14.4 Å². The summed E-state index contributed by atoms with van der Waals surface area (Å²) in [7, 11) is 0. The Morgan fingerprint density at radius 2 is 1.70 bits per heavy atom. The van der Waals surface area contributed by atoms with Crippen LogP contribution < -0.4 is 4.74 Å². The van der Waals surface area contributed by atoms with Crippen molar-refractivity contribution < 1.29 is 32.6 Å². The van der Waals surface area contributed by atoms with Crippen LogP contribution in [0.4, 0.5) is 8.78 Å². The molecule has 1 aliphatic rings. The largest absolute Gasteiger partial charge is 0.427 e. The zero-order chi connectivity index (χ0) is 28.8. The summed E-state index contributed by atoms with van der Waals surface area (Å²) in [5.41, 5.74) is 0.939. The van der Waals surface area contributed by atoms with Crippen LogP contribution in [0.15, 0.2) is 85.0 Å². The summed E-state index contributed by atoms with van der Waals surface area (Å²) in [6.07, 6.45) is 8.04. The molecule has 0 heterocycles. The van der Waals surface area contributed by atoms with Gasteiger partial charge < -0.3 is 9.47 Å².